The van der Waals surface area contributed by atoms with Crippen molar-refractivity contribution in [3.63, 3.8) is 0 Å². The molecule has 3 heteroatoms. The van der Waals surface area contributed by atoms with E-state index in [2.05, 4.69) is 49.1 Å². The molecule has 0 bridgehead atoms. The van der Waals surface area contributed by atoms with Crippen LogP contribution in [-0.4, -0.2) is 30.6 Å². The lowest BCUT2D eigenvalue weighted by molar-refractivity contribution is -0.114. The molecule has 0 aliphatic heterocycles. The van der Waals surface area contributed by atoms with E-state index in [9.17, 15) is 9.90 Å². The number of hydrogen-bond acceptors (Lipinski definition) is 3. The van der Waals surface area contributed by atoms with Crippen molar-refractivity contribution in [1.29, 1.82) is 0 Å². The minimum atomic E-state index is -0.185. The lowest BCUT2D eigenvalue weighted by Crippen LogP contribution is -2.45. The fourth-order valence-corrected chi connectivity index (χ4v) is 7.69. The molecule has 1 aromatic rings. The third kappa shape index (κ3) is 5.40. The first-order chi connectivity index (χ1) is 18.0. The number of rotatable bonds is 4. The first-order valence-electron chi connectivity index (χ1n) is 14.9. The van der Waals surface area contributed by atoms with Crippen molar-refractivity contribution in [3.8, 4) is 12.3 Å². The number of aliphatic hydroxyl groups is 1. The minimum Gasteiger partial charge on any atom is -0.393 e. The van der Waals surface area contributed by atoms with Crippen LogP contribution in [-0.2, 0) is 4.79 Å². The third-order valence-electron chi connectivity index (χ3n) is 10.1. The normalized spacial score (nSPS) is 32.2. The average Bonchev–Trinajstić information content (AvgIpc) is 3.65. The minimum absolute atomic E-state index is 0.00648. The highest BCUT2D eigenvalue weighted by Gasteiger charge is 2.56. The van der Waals surface area contributed by atoms with Crippen molar-refractivity contribution in [2.75, 3.05) is 18.5 Å². The van der Waals surface area contributed by atoms with E-state index >= 15 is 0 Å². The molecule has 1 aromatic carbocycles. The molecule has 5 unspecified atom stereocenters. The Kier molecular flexibility index (Phi) is 7.42. The number of ketones is 1. The molecule has 3 saturated carbocycles. The molecule has 0 heterocycles. The van der Waals surface area contributed by atoms with E-state index < -0.39 is 0 Å². The summed E-state index contributed by atoms with van der Waals surface area (Å²) in [5.41, 5.74) is 7.24. The van der Waals surface area contributed by atoms with Crippen LogP contribution in [0.5, 0.6) is 0 Å². The summed E-state index contributed by atoms with van der Waals surface area (Å²) in [6.45, 7) is 9.54. The summed E-state index contributed by atoms with van der Waals surface area (Å²) in [4.78, 5) is 14.6. The van der Waals surface area contributed by atoms with Gasteiger partial charge in [-0.05, 0) is 130 Å². The van der Waals surface area contributed by atoms with Gasteiger partial charge in [-0.1, -0.05) is 24.6 Å². The summed E-state index contributed by atoms with van der Waals surface area (Å²) >= 11 is 0. The van der Waals surface area contributed by atoms with Gasteiger partial charge in [0, 0.05) is 37.0 Å². The molecular weight excluding hydrogens is 466 g/mol. The maximum absolute atomic E-state index is 12.2. The van der Waals surface area contributed by atoms with Gasteiger partial charge >= 0.3 is 0 Å². The molecule has 3 fully saturated rings. The number of anilines is 1. The van der Waals surface area contributed by atoms with Crippen LogP contribution in [0.15, 0.2) is 47.1 Å². The van der Waals surface area contributed by atoms with E-state index in [0.29, 0.717) is 30.0 Å². The van der Waals surface area contributed by atoms with E-state index in [0.717, 1.165) is 51.0 Å². The largest absolute Gasteiger partial charge is 0.393 e. The molecule has 3 nitrogen and oxygen atoms in total. The maximum atomic E-state index is 12.2. The topological polar surface area (TPSA) is 40.5 Å². The Morgan fingerprint density at radius 1 is 1.05 bits per heavy atom. The standard InChI is InChI=1S/C29H37NO2.C6H10/c1-29-16-25(19-5-8-21(9-6-19)30(2)17-18-3-4-18)28-23-12-10-22(31)15-20(23)7-11-24(28)26(29)13-14-27(29)32;1-5-6(2,3)4/h5-6,8-9,15,18,24-27,32H,3-4,7,10-14,16-17H2,1-2H3;1H,2-4H3. The number of nitrogens with zero attached hydrogens (tertiary/aromatic N) is 1. The molecule has 5 aliphatic rings. The number of benzene rings is 1. The molecule has 0 saturated heterocycles. The van der Waals surface area contributed by atoms with Crippen LogP contribution < -0.4 is 4.90 Å². The van der Waals surface area contributed by atoms with Crippen molar-refractivity contribution in [2.24, 2.45) is 28.6 Å². The molecule has 6 rings (SSSR count). The molecule has 0 spiro atoms. The summed E-state index contributed by atoms with van der Waals surface area (Å²) in [7, 11) is 2.21. The molecule has 0 aromatic heterocycles. The summed E-state index contributed by atoms with van der Waals surface area (Å²) < 4.78 is 0. The maximum Gasteiger partial charge on any atom is 0.156 e. The Hall–Kier alpha value is -2.31. The number of fused-ring (bicyclic) bond motifs is 4. The van der Waals surface area contributed by atoms with Crippen molar-refractivity contribution in [1.82, 2.24) is 0 Å². The van der Waals surface area contributed by atoms with E-state index in [1.807, 2.05) is 26.8 Å². The van der Waals surface area contributed by atoms with E-state index in [1.165, 1.54) is 35.2 Å². The lowest BCUT2D eigenvalue weighted by atomic mass is 9.53. The molecule has 38 heavy (non-hydrogen) atoms. The summed E-state index contributed by atoms with van der Waals surface area (Å²) in [6, 6.07) is 9.32. The Balaban J connectivity index is 0.000000443. The zero-order chi connectivity index (χ0) is 27.2. The first-order valence-corrected chi connectivity index (χ1v) is 14.9. The van der Waals surface area contributed by atoms with Gasteiger partial charge in [-0.15, -0.1) is 12.3 Å². The smallest absolute Gasteiger partial charge is 0.156 e. The van der Waals surface area contributed by atoms with Gasteiger partial charge in [0.25, 0.3) is 0 Å². The second-order valence-corrected chi connectivity index (χ2v) is 14.0. The molecule has 5 atom stereocenters. The van der Waals surface area contributed by atoms with Gasteiger partial charge in [0.1, 0.15) is 0 Å². The van der Waals surface area contributed by atoms with Gasteiger partial charge in [-0.2, -0.15) is 0 Å². The van der Waals surface area contributed by atoms with Gasteiger partial charge in [-0.3, -0.25) is 4.79 Å². The molecule has 1 N–H and O–H groups in total. The lowest BCUT2D eigenvalue weighted by Gasteiger charge is -2.52. The first kappa shape index (κ1) is 27.3. The van der Waals surface area contributed by atoms with Gasteiger partial charge in [0.15, 0.2) is 5.78 Å². The highest BCUT2D eigenvalue weighted by molar-refractivity contribution is 5.93. The quantitative estimate of drug-likeness (QED) is 0.425. The zero-order valence-corrected chi connectivity index (χ0v) is 24.2. The fourth-order valence-electron chi connectivity index (χ4n) is 7.69. The fraction of sp³-hybridized carbons (Fsp3) is 0.629. The number of allylic oxidation sites excluding steroid dienone is 4. The van der Waals surface area contributed by atoms with E-state index in [1.54, 1.807) is 5.57 Å². The van der Waals surface area contributed by atoms with Crippen molar-refractivity contribution < 1.29 is 9.90 Å². The van der Waals surface area contributed by atoms with Gasteiger partial charge in [-0.25, -0.2) is 0 Å². The number of terminal acetylenes is 1. The Labute approximate surface area is 230 Å². The van der Waals surface area contributed by atoms with Gasteiger partial charge < -0.3 is 10.0 Å². The van der Waals surface area contributed by atoms with Gasteiger partial charge in [0.2, 0.25) is 0 Å². The second-order valence-electron chi connectivity index (χ2n) is 14.0. The number of carbonyl (C=O) groups is 1. The zero-order valence-electron chi connectivity index (χ0n) is 24.2. The SMILES string of the molecule is C#CC(C)(C)C.CN(CC1CC1)c1ccc(C2CC3(C)C(O)CCC3C3CCC4=CC(=O)CCC4=C23)cc1. The van der Waals surface area contributed by atoms with Crippen molar-refractivity contribution in [2.45, 2.75) is 97.5 Å². The molecule has 0 radical (unpaired) electrons. The van der Waals surface area contributed by atoms with E-state index in [4.69, 9.17) is 6.42 Å². The van der Waals surface area contributed by atoms with Crippen LogP contribution in [0.1, 0.15) is 97.0 Å². The highest BCUT2D eigenvalue weighted by Crippen LogP contribution is 2.63. The molecule has 0 amide bonds. The molecular formula is C35H47NO2. The monoisotopic (exact) mass is 513 g/mol. The molecule has 5 aliphatic carbocycles. The van der Waals surface area contributed by atoms with Crippen LogP contribution >= 0.6 is 0 Å². The summed E-state index contributed by atoms with van der Waals surface area (Å²) in [6.07, 6.45) is 16.5. The average molecular weight is 514 g/mol. The van der Waals surface area contributed by atoms with Crippen LogP contribution in [0, 0.1) is 40.9 Å². The number of aliphatic hydroxyl groups excluding tert-OH is 1. The highest BCUT2D eigenvalue weighted by atomic mass is 16.3. The van der Waals surface area contributed by atoms with Crippen LogP contribution in [0.4, 0.5) is 5.69 Å². The Bertz CT molecular complexity index is 1160. The van der Waals surface area contributed by atoms with E-state index in [-0.39, 0.29) is 16.9 Å². The number of carbonyl (C=O) groups excluding carboxylic acids is 1. The third-order valence-corrected chi connectivity index (χ3v) is 10.1. The van der Waals surface area contributed by atoms with Crippen molar-refractivity contribution >= 4 is 11.5 Å². The number of hydrogen-bond donors (Lipinski definition) is 1. The van der Waals surface area contributed by atoms with Gasteiger partial charge in [0.05, 0.1) is 6.10 Å². The Morgan fingerprint density at radius 2 is 1.74 bits per heavy atom. The Morgan fingerprint density at radius 3 is 2.37 bits per heavy atom. The molecule has 204 valence electrons. The van der Waals surface area contributed by atoms with Crippen molar-refractivity contribution in [3.05, 3.63) is 52.6 Å². The second kappa shape index (κ2) is 10.3. The van der Waals surface area contributed by atoms with Crippen LogP contribution in [0.25, 0.3) is 0 Å². The van der Waals surface area contributed by atoms with Crippen LogP contribution in [0.2, 0.25) is 0 Å². The predicted octanol–water partition coefficient (Wildman–Crippen LogP) is 7.46. The van der Waals surface area contributed by atoms with Crippen LogP contribution in [0.3, 0.4) is 0 Å². The summed E-state index contributed by atoms with van der Waals surface area (Å²) in [5, 5.41) is 11.0. The predicted molar refractivity (Wildman–Crippen MR) is 157 cm³/mol. The summed E-state index contributed by atoms with van der Waals surface area (Å²) in [5.74, 6) is 5.30.